The van der Waals surface area contributed by atoms with Crippen molar-refractivity contribution in [2.24, 2.45) is 5.73 Å². The summed E-state index contributed by atoms with van der Waals surface area (Å²) in [5.41, 5.74) is 9.69. The summed E-state index contributed by atoms with van der Waals surface area (Å²) in [5.74, 6) is 0.774. The number of anilines is 1. The highest BCUT2D eigenvalue weighted by molar-refractivity contribution is 5.89. The van der Waals surface area contributed by atoms with Gasteiger partial charge in [-0.25, -0.2) is 9.97 Å². The zero-order valence-electron chi connectivity index (χ0n) is 13.6. The second kappa shape index (κ2) is 6.70. The van der Waals surface area contributed by atoms with Crippen molar-refractivity contribution in [1.29, 1.82) is 0 Å². The van der Waals surface area contributed by atoms with Crippen LogP contribution in [-0.4, -0.2) is 26.7 Å². The maximum absolute atomic E-state index is 6.24. The Balaban J connectivity index is 1.54. The minimum absolute atomic E-state index is 0.0937. The second-order valence-corrected chi connectivity index (χ2v) is 5.78. The number of H-pyrrole nitrogens is 1. The van der Waals surface area contributed by atoms with E-state index in [0.717, 1.165) is 28.2 Å². The van der Waals surface area contributed by atoms with Crippen LogP contribution in [-0.2, 0) is 0 Å². The molecule has 0 radical (unpaired) electrons. The number of nitrogens with two attached hydrogens (primary N) is 1. The number of hydrogen-bond donors (Lipinski definition) is 3. The van der Waals surface area contributed by atoms with E-state index in [1.807, 2.05) is 60.7 Å². The quantitative estimate of drug-likeness (QED) is 0.523. The smallest absolute Gasteiger partial charge is 0.181 e. The van der Waals surface area contributed by atoms with Crippen LogP contribution in [0, 0.1) is 0 Å². The van der Waals surface area contributed by atoms with Gasteiger partial charge in [0.1, 0.15) is 5.82 Å². The molecule has 4 rings (SSSR count). The summed E-state index contributed by atoms with van der Waals surface area (Å²) >= 11 is 0. The number of aromatic amines is 1. The van der Waals surface area contributed by atoms with E-state index in [9.17, 15) is 0 Å². The molecule has 25 heavy (non-hydrogen) atoms. The summed E-state index contributed by atoms with van der Waals surface area (Å²) in [5, 5.41) is 11.5. The van der Waals surface area contributed by atoms with Gasteiger partial charge in [0.05, 0.1) is 11.4 Å². The Hall–Kier alpha value is -3.25. The fourth-order valence-corrected chi connectivity index (χ4v) is 2.75. The van der Waals surface area contributed by atoms with Gasteiger partial charge in [0, 0.05) is 24.2 Å². The summed E-state index contributed by atoms with van der Waals surface area (Å²) in [6.07, 6.45) is 1.73. The molecule has 4 aromatic rings. The van der Waals surface area contributed by atoms with E-state index in [2.05, 4.69) is 25.5 Å². The van der Waals surface area contributed by atoms with Gasteiger partial charge in [0.2, 0.25) is 0 Å². The first-order valence-corrected chi connectivity index (χ1v) is 8.12. The van der Waals surface area contributed by atoms with Crippen LogP contribution in [0.5, 0.6) is 0 Å². The van der Waals surface area contributed by atoms with E-state index < -0.39 is 0 Å². The molecule has 0 aliphatic rings. The summed E-state index contributed by atoms with van der Waals surface area (Å²) in [4.78, 5) is 8.91. The molecule has 1 aromatic carbocycles. The maximum atomic E-state index is 6.24. The highest BCUT2D eigenvalue weighted by Crippen LogP contribution is 2.24. The summed E-state index contributed by atoms with van der Waals surface area (Å²) in [6.45, 7) is 0.603. The van der Waals surface area contributed by atoms with Crippen LogP contribution in [0.4, 0.5) is 5.82 Å². The molecule has 0 bridgehead atoms. The van der Waals surface area contributed by atoms with Crippen LogP contribution in [0.2, 0.25) is 0 Å². The minimum atomic E-state index is -0.0937. The molecule has 6 heteroatoms. The Morgan fingerprint density at radius 2 is 1.88 bits per heavy atom. The standard InChI is InChI=1S/C19H18N6/c20-15(13-6-2-1-3-7-13)12-22-17-10-4-9-16(23-17)18-14-8-5-11-21-19(14)25-24-18/h1-11,15H,12,20H2,(H,22,23)(H,21,24,25)/t15-/m1/s1. The van der Waals surface area contributed by atoms with E-state index in [4.69, 9.17) is 5.73 Å². The molecule has 0 spiro atoms. The van der Waals surface area contributed by atoms with Crippen LogP contribution in [0.3, 0.4) is 0 Å². The monoisotopic (exact) mass is 330 g/mol. The number of fused-ring (bicyclic) bond motifs is 1. The van der Waals surface area contributed by atoms with Crippen LogP contribution >= 0.6 is 0 Å². The number of rotatable bonds is 5. The summed E-state index contributed by atoms with van der Waals surface area (Å²) in [6, 6.07) is 19.6. The first kappa shape index (κ1) is 15.3. The molecule has 4 N–H and O–H groups in total. The van der Waals surface area contributed by atoms with Gasteiger partial charge >= 0.3 is 0 Å². The van der Waals surface area contributed by atoms with Gasteiger partial charge in [-0.3, -0.25) is 5.10 Å². The molecular weight excluding hydrogens is 312 g/mol. The molecular formula is C19H18N6. The largest absolute Gasteiger partial charge is 0.368 e. The highest BCUT2D eigenvalue weighted by Gasteiger charge is 2.10. The van der Waals surface area contributed by atoms with Gasteiger partial charge in [-0.05, 0) is 29.8 Å². The topological polar surface area (TPSA) is 92.5 Å². The minimum Gasteiger partial charge on any atom is -0.368 e. The summed E-state index contributed by atoms with van der Waals surface area (Å²) < 4.78 is 0. The van der Waals surface area contributed by atoms with Crippen molar-refractivity contribution < 1.29 is 0 Å². The van der Waals surface area contributed by atoms with E-state index in [1.165, 1.54) is 0 Å². The normalized spacial score (nSPS) is 12.2. The second-order valence-electron chi connectivity index (χ2n) is 5.78. The van der Waals surface area contributed by atoms with E-state index in [-0.39, 0.29) is 6.04 Å². The molecule has 3 aromatic heterocycles. The lowest BCUT2D eigenvalue weighted by Crippen LogP contribution is -2.20. The third-order valence-electron chi connectivity index (χ3n) is 4.07. The average Bonchev–Trinajstić information content (AvgIpc) is 3.11. The van der Waals surface area contributed by atoms with Crippen molar-refractivity contribution in [3.05, 3.63) is 72.4 Å². The Morgan fingerprint density at radius 3 is 2.76 bits per heavy atom. The van der Waals surface area contributed by atoms with E-state index in [1.54, 1.807) is 6.20 Å². The zero-order valence-corrected chi connectivity index (χ0v) is 13.6. The molecule has 0 fully saturated rings. The van der Waals surface area contributed by atoms with Crippen molar-refractivity contribution in [3.63, 3.8) is 0 Å². The molecule has 0 amide bonds. The first-order valence-electron chi connectivity index (χ1n) is 8.12. The Bertz CT molecular complexity index is 979. The van der Waals surface area contributed by atoms with Gasteiger partial charge in [-0.1, -0.05) is 36.4 Å². The molecule has 0 aliphatic heterocycles. The van der Waals surface area contributed by atoms with E-state index in [0.29, 0.717) is 12.2 Å². The van der Waals surface area contributed by atoms with Crippen molar-refractivity contribution in [3.8, 4) is 11.4 Å². The van der Waals surface area contributed by atoms with Crippen LogP contribution in [0.1, 0.15) is 11.6 Å². The fourth-order valence-electron chi connectivity index (χ4n) is 2.75. The lowest BCUT2D eigenvalue weighted by molar-refractivity contribution is 0.762. The average molecular weight is 330 g/mol. The number of benzene rings is 1. The Labute approximate surface area is 145 Å². The van der Waals surface area contributed by atoms with Crippen molar-refractivity contribution in [2.75, 3.05) is 11.9 Å². The van der Waals surface area contributed by atoms with Crippen molar-refractivity contribution in [1.82, 2.24) is 20.2 Å². The predicted molar refractivity (Wildman–Crippen MR) is 99.0 cm³/mol. The number of pyridine rings is 2. The molecule has 6 nitrogen and oxygen atoms in total. The molecule has 0 saturated heterocycles. The van der Waals surface area contributed by atoms with Gasteiger partial charge in [-0.15, -0.1) is 0 Å². The predicted octanol–water partition coefficient (Wildman–Crippen LogP) is 3.13. The third-order valence-corrected chi connectivity index (χ3v) is 4.07. The molecule has 3 heterocycles. The lowest BCUT2D eigenvalue weighted by atomic mass is 10.1. The van der Waals surface area contributed by atoms with Crippen molar-refractivity contribution >= 4 is 16.9 Å². The number of nitrogens with one attached hydrogen (secondary N) is 2. The number of hydrogen-bond acceptors (Lipinski definition) is 5. The third kappa shape index (κ3) is 3.20. The van der Waals surface area contributed by atoms with Gasteiger partial charge in [0.25, 0.3) is 0 Å². The van der Waals surface area contributed by atoms with Gasteiger partial charge in [-0.2, -0.15) is 5.10 Å². The molecule has 0 aliphatic carbocycles. The number of nitrogens with zero attached hydrogens (tertiary/aromatic N) is 3. The van der Waals surface area contributed by atoms with Crippen LogP contribution < -0.4 is 11.1 Å². The Morgan fingerprint density at radius 1 is 1.00 bits per heavy atom. The zero-order chi connectivity index (χ0) is 17.1. The molecule has 0 saturated carbocycles. The van der Waals surface area contributed by atoms with Gasteiger partial charge in [0.15, 0.2) is 5.65 Å². The molecule has 0 unspecified atom stereocenters. The fraction of sp³-hybridized carbons (Fsp3) is 0.105. The number of aromatic nitrogens is 4. The molecule has 124 valence electrons. The SMILES string of the molecule is N[C@H](CNc1cccc(-c2[nH]nc3ncccc23)n1)c1ccccc1. The lowest BCUT2D eigenvalue weighted by Gasteiger charge is -2.14. The maximum Gasteiger partial charge on any atom is 0.181 e. The molecule has 1 atom stereocenters. The van der Waals surface area contributed by atoms with Crippen molar-refractivity contribution in [2.45, 2.75) is 6.04 Å². The summed E-state index contributed by atoms with van der Waals surface area (Å²) in [7, 11) is 0. The highest BCUT2D eigenvalue weighted by atomic mass is 15.2. The van der Waals surface area contributed by atoms with E-state index >= 15 is 0 Å². The van der Waals surface area contributed by atoms with Crippen LogP contribution in [0.25, 0.3) is 22.4 Å². The first-order chi connectivity index (χ1) is 12.3. The van der Waals surface area contributed by atoms with Crippen LogP contribution in [0.15, 0.2) is 66.9 Å². The van der Waals surface area contributed by atoms with Gasteiger partial charge < -0.3 is 11.1 Å². The Kier molecular flexibility index (Phi) is 4.10.